The summed E-state index contributed by atoms with van der Waals surface area (Å²) in [6, 6.07) is 0. The van der Waals surface area contributed by atoms with Crippen LogP contribution < -0.4 is 0 Å². The molecule has 0 saturated carbocycles. The van der Waals surface area contributed by atoms with Crippen LogP contribution in [0, 0.1) is 0 Å². The number of hydrogen-bond acceptors (Lipinski definition) is 2. The lowest BCUT2D eigenvalue weighted by Crippen LogP contribution is -2.34. The van der Waals surface area contributed by atoms with Gasteiger partial charge in [-0.15, -0.1) is 0 Å². The molecule has 1 heterocycles. The SMILES string of the molecule is CN1C=COC1(C)C. The number of hydrogen-bond donors (Lipinski definition) is 0. The van der Waals surface area contributed by atoms with Crippen molar-refractivity contribution in [2.45, 2.75) is 19.6 Å². The fraction of sp³-hybridized carbons (Fsp3) is 0.667. The van der Waals surface area contributed by atoms with E-state index in [2.05, 4.69) is 0 Å². The molecule has 0 spiro atoms. The smallest absolute Gasteiger partial charge is 0.175 e. The summed E-state index contributed by atoms with van der Waals surface area (Å²) in [7, 11) is 1.99. The largest absolute Gasteiger partial charge is 0.475 e. The first-order chi connectivity index (χ1) is 3.63. The highest BCUT2D eigenvalue weighted by Crippen LogP contribution is 2.19. The third-order valence-corrected chi connectivity index (χ3v) is 1.49. The number of ether oxygens (including phenoxy) is 1. The zero-order chi connectivity index (χ0) is 6.20. The van der Waals surface area contributed by atoms with Crippen LogP contribution in [0.4, 0.5) is 0 Å². The van der Waals surface area contributed by atoms with Crippen LogP contribution in [0.2, 0.25) is 0 Å². The summed E-state index contributed by atoms with van der Waals surface area (Å²) >= 11 is 0. The van der Waals surface area contributed by atoms with Gasteiger partial charge >= 0.3 is 0 Å². The fourth-order valence-corrected chi connectivity index (χ4v) is 0.551. The summed E-state index contributed by atoms with van der Waals surface area (Å²) in [6.45, 7) is 4.04. The molecule has 0 fully saturated rings. The average Bonchev–Trinajstić information content (AvgIpc) is 1.86. The van der Waals surface area contributed by atoms with Gasteiger partial charge in [-0.05, 0) is 13.8 Å². The molecule has 0 unspecified atom stereocenters. The molecule has 0 atom stereocenters. The van der Waals surface area contributed by atoms with Crippen molar-refractivity contribution in [1.82, 2.24) is 4.90 Å². The zero-order valence-corrected chi connectivity index (χ0v) is 5.51. The van der Waals surface area contributed by atoms with Gasteiger partial charge in [0.15, 0.2) is 5.72 Å². The van der Waals surface area contributed by atoms with E-state index in [-0.39, 0.29) is 5.72 Å². The molecule has 1 aliphatic rings. The molecule has 0 amide bonds. The van der Waals surface area contributed by atoms with Crippen molar-refractivity contribution < 1.29 is 4.74 Å². The van der Waals surface area contributed by atoms with Crippen LogP contribution in [0.1, 0.15) is 13.8 Å². The fourth-order valence-electron chi connectivity index (χ4n) is 0.551. The summed E-state index contributed by atoms with van der Waals surface area (Å²) in [5.74, 6) is 0. The number of rotatable bonds is 0. The quantitative estimate of drug-likeness (QED) is 0.467. The Kier molecular flexibility index (Phi) is 0.962. The summed E-state index contributed by atoms with van der Waals surface area (Å²) in [5, 5.41) is 0. The van der Waals surface area contributed by atoms with E-state index >= 15 is 0 Å². The first-order valence-electron chi connectivity index (χ1n) is 2.70. The summed E-state index contributed by atoms with van der Waals surface area (Å²) < 4.78 is 5.20. The van der Waals surface area contributed by atoms with Crippen molar-refractivity contribution in [3.63, 3.8) is 0 Å². The van der Waals surface area contributed by atoms with Crippen LogP contribution in [-0.2, 0) is 4.74 Å². The second kappa shape index (κ2) is 1.41. The van der Waals surface area contributed by atoms with Crippen molar-refractivity contribution >= 4 is 0 Å². The van der Waals surface area contributed by atoms with Crippen LogP contribution >= 0.6 is 0 Å². The van der Waals surface area contributed by atoms with Gasteiger partial charge in [0.25, 0.3) is 0 Å². The van der Waals surface area contributed by atoms with E-state index in [1.54, 1.807) is 6.26 Å². The molecular weight excluding hydrogens is 102 g/mol. The van der Waals surface area contributed by atoms with Crippen LogP contribution in [0.25, 0.3) is 0 Å². The van der Waals surface area contributed by atoms with Crippen molar-refractivity contribution in [3.8, 4) is 0 Å². The molecule has 46 valence electrons. The van der Waals surface area contributed by atoms with E-state index in [9.17, 15) is 0 Å². The Labute approximate surface area is 49.7 Å². The Hall–Kier alpha value is -0.660. The highest BCUT2D eigenvalue weighted by molar-refractivity contribution is 4.88. The third-order valence-electron chi connectivity index (χ3n) is 1.49. The van der Waals surface area contributed by atoms with Gasteiger partial charge in [0.1, 0.15) is 6.26 Å². The minimum absolute atomic E-state index is 0.125. The van der Waals surface area contributed by atoms with E-state index < -0.39 is 0 Å². The van der Waals surface area contributed by atoms with Gasteiger partial charge in [-0.2, -0.15) is 0 Å². The molecule has 0 aliphatic carbocycles. The molecule has 1 rings (SSSR count). The van der Waals surface area contributed by atoms with Crippen molar-refractivity contribution in [2.75, 3.05) is 7.05 Å². The lowest BCUT2D eigenvalue weighted by atomic mass is 10.3. The van der Waals surface area contributed by atoms with E-state index in [1.165, 1.54) is 0 Å². The van der Waals surface area contributed by atoms with Crippen molar-refractivity contribution in [2.24, 2.45) is 0 Å². The van der Waals surface area contributed by atoms with Crippen LogP contribution in [0.5, 0.6) is 0 Å². The molecule has 0 bridgehead atoms. The normalized spacial score (nSPS) is 23.6. The summed E-state index contributed by atoms with van der Waals surface area (Å²) in [5.41, 5.74) is -0.125. The molecule has 8 heavy (non-hydrogen) atoms. The number of nitrogens with zero attached hydrogens (tertiary/aromatic N) is 1. The first-order valence-corrected chi connectivity index (χ1v) is 2.70. The second-order valence-electron chi connectivity index (χ2n) is 2.46. The molecule has 0 radical (unpaired) electrons. The van der Waals surface area contributed by atoms with Gasteiger partial charge < -0.3 is 9.64 Å². The van der Waals surface area contributed by atoms with E-state index in [0.717, 1.165) is 0 Å². The molecule has 0 N–H and O–H groups in total. The van der Waals surface area contributed by atoms with Gasteiger partial charge in [-0.25, -0.2) is 0 Å². The maximum absolute atomic E-state index is 5.20. The molecule has 0 aromatic carbocycles. The average molecular weight is 113 g/mol. The van der Waals surface area contributed by atoms with E-state index in [4.69, 9.17) is 4.74 Å². The standard InChI is InChI=1S/C6H11NO/c1-6(2)7(3)4-5-8-6/h4-5H,1-3H3. The molecular formula is C6H11NO. The Morgan fingerprint density at radius 3 is 2.25 bits per heavy atom. The van der Waals surface area contributed by atoms with Crippen LogP contribution in [0.3, 0.4) is 0 Å². The predicted octanol–water partition coefficient (Wildman–Crippen LogP) is 1.16. The zero-order valence-electron chi connectivity index (χ0n) is 5.51. The lowest BCUT2D eigenvalue weighted by Gasteiger charge is -2.26. The minimum atomic E-state index is -0.125. The van der Waals surface area contributed by atoms with Crippen LogP contribution in [-0.4, -0.2) is 17.7 Å². The Morgan fingerprint density at radius 1 is 1.50 bits per heavy atom. The van der Waals surface area contributed by atoms with Crippen LogP contribution in [0.15, 0.2) is 12.5 Å². The predicted molar refractivity (Wildman–Crippen MR) is 32.1 cm³/mol. The molecule has 1 aliphatic heterocycles. The van der Waals surface area contributed by atoms with Gasteiger partial charge in [0, 0.05) is 13.2 Å². The molecule has 2 nitrogen and oxygen atoms in total. The van der Waals surface area contributed by atoms with Crippen molar-refractivity contribution in [3.05, 3.63) is 12.5 Å². The van der Waals surface area contributed by atoms with Gasteiger partial charge in [0.2, 0.25) is 0 Å². The maximum atomic E-state index is 5.20. The molecule has 0 saturated heterocycles. The molecule has 0 aromatic rings. The van der Waals surface area contributed by atoms with Crippen molar-refractivity contribution in [1.29, 1.82) is 0 Å². The highest BCUT2D eigenvalue weighted by atomic mass is 16.5. The minimum Gasteiger partial charge on any atom is -0.475 e. The Balaban J connectivity index is 2.64. The van der Waals surface area contributed by atoms with Gasteiger partial charge in [-0.3, -0.25) is 0 Å². The summed E-state index contributed by atoms with van der Waals surface area (Å²) in [6.07, 6.45) is 3.62. The second-order valence-corrected chi connectivity index (χ2v) is 2.46. The maximum Gasteiger partial charge on any atom is 0.175 e. The monoisotopic (exact) mass is 113 g/mol. The van der Waals surface area contributed by atoms with E-state index in [0.29, 0.717) is 0 Å². The third kappa shape index (κ3) is 0.661. The highest BCUT2D eigenvalue weighted by Gasteiger charge is 2.24. The van der Waals surface area contributed by atoms with Gasteiger partial charge in [-0.1, -0.05) is 0 Å². The Bertz CT molecular complexity index is 118. The van der Waals surface area contributed by atoms with E-state index in [1.807, 2.05) is 32.0 Å². The lowest BCUT2D eigenvalue weighted by molar-refractivity contribution is -0.0167. The van der Waals surface area contributed by atoms with Gasteiger partial charge in [0.05, 0.1) is 0 Å². The Morgan fingerprint density at radius 2 is 2.12 bits per heavy atom. The topological polar surface area (TPSA) is 12.5 Å². The molecule has 2 heteroatoms. The summed E-state index contributed by atoms with van der Waals surface area (Å²) in [4.78, 5) is 2.02. The first kappa shape index (κ1) is 5.48. The molecule has 0 aromatic heterocycles.